The largest absolute Gasteiger partial charge is 0.496 e. The van der Waals surface area contributed by atoms with Crippen LogP contribution in [-0.4, -0.2) is 37.0 Å². The van der Waals surface area contributed by atoms with Crippen molar-refractivity contribution in [2.45, 2.75) is 117 Å². The van der Waals surface area contributed by atoms with Gasteiger partial charge in [0.05, 0.1) is 65.4 Å². The van der Waals surface area contributed by atoms with Gasteiger partial charge in [-0.25, -0.2) is 19.9 Å². The Balaban J connectivity index is 0.000000209. The van der Waals surface area contributed by atoms with Crippen molar-refractivity contribution in [1.29, 1.82) is 5.26 Å². The fourth-order valence-corrected chi connectivity index (χ4v) is 11.1. The van der Waals surface area contributed by atoms with Crippen LogP contribution in [0.5, 0.6) is 5.75 Å². The van der Waals surface area contributed by atoms with Crippen molar-refractivity contribution in [3.05, 3.63) is 272 Å². The number of hydrogen-bond acceptors (Lipinski definition) is 13. The Kier molecular flexibility index (Phi) is 32.0. The van der Waals surface area contributed by atoms with Crippen LogP contribution in [0.4, 0.5) is 0 Å². The maximum Gasteiger partial charge on any atom is 0.121 e. The topological polar surface area (TPSA) is 110 Å². The normalized spacial score (nSPS) is 9.71. The number of nitrogens with zero attached hydrogens (tertiary/aromatic N) is 7. The quantitative estimate of drug-likeness (QED) is 0.168. The molecule has 0 saturated heterocycles. The highest BCUT2D eigenvalue weighted by molar-refractivity contribution is 7.18. The Bertz CT molecular complexity index is 3770. The van der Waals surface area contributed by atoms with E-state index in [0.29, 0.717) is 0 Å². The van der Waals surface area contributed by atoms with Gasteiger partial charge in [0.1, 0.15) is 5.75 Å². The summed E-state index contributed by atoms with van der Waals surface area (Å²) in [6, 6.07) is 57.5. The number of ether oxygens (including phenoxy) is 1. The maximum absolute atomic E-state index is 8.41. The molecule has 6 aromatic carbocycles. The Morgan fingerprint density at radius 3 is 1.49 bits per heavy atom. The Labute approximate surface area is 533 Å². The third-order valence-corrected chi connectivity index (χ3v) is 16.4. The van der Waals surface area contributed by atoms with E-state index in [2.05, 4.69) is 167 Å². The standard InChI is InChI=1S/2C11H11NS.C10H14O.C9H12.C8H7NS.C8H7N.C7H9N.C5H7NS.C4H5NS/c1-8-3-5-10(6-4-8)11-7-13-9(2)12-11;1-8-11(12-9(2)13-8)10-6-4-3-5-7-10;1-4-9-5-6-10(11-3)8(2)7-9;1-3-9-6-4-8(2)5-7-9;1-6-9-7-4-2-3-5-8(7)10-6;1-7-3-2-4-8(5-7)6-9;1-6-4-3-5-7(2)8-6;1-4-3-7-5(2)6-4;1-4-5-2-3-6-4/h2*3-7H,1-2H3;5-7H,4H2,1-3H3;4-7H,3H2,1-2H3;2-5H,1H3;2-5H,1H3;3-5H,1-2H3;3H,1-2H3;2-3H,1H3. The van der Waals surface area contributed by atoms with E-state index in [1.807, 2.05) is 147 Å². The lowest BCUT2D eigenvalue weighted by atomic mass is 10.1. The van der Waals surface area contributed by atoms with Crippen LogP contribution in [0.3, 0.4) is 0 Å². The number of nitriles is 1. The smallest absolute Gasteiger partial charge is 0.121 e. The zero-order chi connectivity index (χ0) is 62.8. The predicted octanol–water partition coefficient (Wildman–Crippen LogP) is 21.4. The zero-order valence-corrected chi connectivity index (χ0v) is 57.0. The van der Waals surface area contributed by atoms with E-state index in [1.165, 1.54) is 48.5 Å². The van der Waals surface area contributed by atoms with Crippen molar-refractivity contribution in [1.82, 2.24) is 29.9 Å². The van der Waals surface area contributed by atoms with Crippen molar-refractivity contribution in [2.24, 2.45) is 0 Å². The summed E-state index contributed by atoms with van der Waals surface area (Å²) in [5.74, 6) is 0.974. The van der Waals surface area contributed by atoms with Crippen LogP contribution in [0.15, 0.2) is 186 Å². The highest BCUT2D eigenvalue weighted by atomic mass is 32.1. The lowest BCUT2D eigenvalue weighted by Gasteiger charge is -2.05. The van der Waals surface area contributed by atoms with Crippen LogP contribution < -0.4 is 4.74 Å². The van der Waals surface area contributed by atoms with Crippen molar-refractivity contribution < 1.29 is 4.74 Å². The van der Waals surface area contributed by atoms with Gasteiger partial charge in [0.15, 0.2) is 0 Å². The van der Waals surface area contributed by atoms with E-state index in [4.69, 9.17) is 10.00 Å². The molecule has 0 aliphatic heterocycles. The van der Waals surface area contributed by atoms with Gasteiger partial charge in [-0.2, -0.15) is 5.26 Å². The van der Waals surface area contributed by atoms with Gasteiger partial charge >= 0.3 is 0 Å². The molecule has 0 N–H and O–H groups in total. The van der Waals surface area contributed by atoms with Gasteiger partial charge in [-0.3, -0.25) is 9.97 Å². The van der Waals surface area contributed by atoms with E-state index in [1.54, 1.807) is 76.1 Å². The molecule has 12 rings (SSSR count). The lowest BCUT2D eigenvalue weighted by Crippen LogP contribution is -1.88. The van der Waals surface area contributed by atoms with Crippen LogP contribution in [0.2, 0.25) is 0 Å². The van der Waals surface area contributed by atoms with Crippen LogP contribution in [0, 0.1) is 101 Å². The van der Waals surface area contributed by atoms with Crippen LogP contribution in [-0.2, 0) is 12.8 Å². The summed E-state index contributed by atoms with van der Waals surface area (Å²) in [7, 11) is 1.70. The third-order valence-electron chi connectivity index (χ3n) is 12.2. The number of hydrogen-bond donors (Lipinski definition) is 0. The van der Waals surface area contributed by atoms with Gasteiger partial charge in [0.2, 0.25) is 0 Å². The Morgan fingerprint density at radius 1 is 0.453 bits per heavy atom. The number of thiazole rings is 5. The van der Waals surface area contributed by atoms with Crippen molar-refractivity contribution in [3.63, 3.8) is 0 Å². The first kappa shape index (κ1) is 70.7. The summed E-state index contributed by atoms with van der Waals surface area (Å²) in [4.78, 5) is 26.8. The van der Waals surface area contributed by atoms with E-state index in [9.17, 15) is 0 Å². The highest BCUT2D eigenvalue weighted by Gasteiger charge is 2.06. The second kappa shape index (κ2) is 39.0. The molecule has 0 fully saturated rings. The van der Waals surface area contributed by atoms with E-state index >= 15 is 0 Å². The molecule has 0 saturated carbocycles. The molecule has 0 atom stereocenters. The molecule has 12 aromatic rings. The van der Waals surface area contributed by atoms with E-state index < -0.39 is 0 Å². The molecule has 8 nitrogen and oxygen atoms in total. The molecule has 6 heterocycles. The number of methoxy groups -OCH3 is 1. The van der Waals surface area contributed by atoms with Gasteiger partial charge in [0, 0.05) is 55.4 Å². The lowest BCUT2D eigenvalue weighted by molar-refractivity contribution is 0.411. The van der Waals surface area contributed by atoms with E-state index in [-0.39, 0.29) is 0 Å². The summed E-state index contributed by atoms with van der Waals surface area (Å²) >= 11 is 8.55. The summed E-state index contributed by atoms with van der Waals surface area (Å²) in [6.45, 7) is 30.8. The van der Waals surface area contributed by atoms with Crippen molar-refractivity contribution in [3.8, 4) is 34.3 Å². The highest BCUT2D eigenvalue weighted by Crippen LogP contribution is 2.27. The number of para-hydroxylation sites is 1. The van der Waals surface area contributed by atoms with Crippen molar-refractivity contribution >= 4 is 66.9 Å². The van der Waals surface area contributed by atoms with Gasteiger partial charge in [-0.05, 0) is 168 Å². The zero-order valence-electron chi connectivity index (χ0n) is 52.9. The van der Waals surface area contributed by atoms with Gasteiger partial charge in [0.25, 0.3) is 0 Å². The molecule has 0 aliphatic carbocycles. The summed E-state index contributed by atoms with van der Waals surface area (Å²) in [6.07, 6.45) is 4.03. The molecule has 0 amide bonds. The molecule has 0 radical (unpaired) electrons. The summed E-state index contributed by atoms with van der Waals surface area (Å²) < 4.78 is 6.42. The Morgan fingerprint density at radius 2 is 1.05 bits per heavy atom. The number of benzene rings is 6. The molecule has 0 unspecified atom stereocenters. The van der Waals surface area contributed by atoms with Crippen LogP contribution in [0.1, 0.15) is 99.8 Å². The predicted molar refractivity (Wildman–Crippen MR) is 374 cm³/mol. The average molecular weight is 1230 g/mol. The van der Waals surface area contributed by atoms with E-state index in [0.717, 1.165) is 88.7 Å². The maximum atomic E-state index is 8.41. The molecule has 446 valence electrons. The minimum absolute atomic E-state index is 0.731. The fourth-order valence-electron chi connectivity index (χ4n) is 7.74. The van der Waals surface area contributed by atoms with Crippen LogP contribution >= 0.6 is 56.7 Å². The third kappa shape index (κ3) is 27.5. The molecular weight excluding hydrogens is 1150 g/mol. The number of rotatable bonds is 5. The number of aromatic nitrogens is 6. The molecule has 0 aliphatic rings. The molecule has 86 heavy (non-hydrogen) atoms. The summed E-state index contributed by atoms with van der Waals surface area (Å²) in [5, 5.41) is 20.2. The molecule has 0 bridgehead atoms. The molecular formula is C73H83N7OS5. The fraction of sp³-hybridized carbons (Fsp3) is 0.247. The van der Waals surface area contributed by atoms with Gasteiger partial charge < -0.3 is 4.74 Å². The number of aryl methyl sites for hydroxylation is 15. The first-order chi connectivity index (χ1) is 41.3. The minimum atomic E-state index is 0.731. The second-order valence-electron chi connectivity index (χ2n) is 19.8. The van der Waals surface area contributed by atoms with Crippen molar-refractivity contribution in [2.75, 3.05) is 7.11 Å². The SMILES string of the molecule is CCc1ccc(C)cc1.CCc1ccc(OC)c(C)c1.Cc1ccc(-c2csc(C)n2)cc1.Cc1cccc(C#N)c1.Cc1cccc(C)n1.Cc1csc(C)n1.Cc1nc(-c2ccccc2)c(C)s1.Cc1nc2ccccc2s1.Cc1nccs1. The molecule has 13 heteroatoms. The van der Waals surface area contributed by atoms with Gasteiger partial charge in [-0.15, -0.1) is 56.7 Å². The van der Waals surface area contributed by atoms with Crippen LogP contribution in [0.25, 0.3) is 32.7 Å². The average Bonchev–Trinajstić information content (AvgIpc) is 4.58. The number of pyridine rings is 1. The molecule has 0 spiro atoms. The minimum Gasteiger partial charge on any atom is -0.496 e. The first-order valence-electron chi connectivity index (χ1n) is 28.4. The first-order valence-corrected chi connectivity index (χ1v) is 32.7. The summed E-state index contributed by atoms with van der Waals surface area (Å²) in [5.41, 5.74) is 17.5. The second-order valence-corrected chi connectivity index (χ2v) is 25.6. The van der Waals surface area contributed by atoms with Gasteiger partial charge in [-0.1, -0.05) is 146 Å². The number of fused-ring (bicyclic) bond motifs is 1. The monoisotopic (exact) mass is 1230 g/mol. The molecule has 6 aromatic heterocycles. The Hall–Kier alpha value is -7.83.